The number of benzene rings is 1. The van der Waals surface area contributed by atoms with Gasteiger partial charge in [-0.15, -0.1) is 0 Å². The minimum absolute atomic E-state index is 0.0357. The van der Waals surface area contributed by atoms with Crippen LogP contribution in [-0.4, -0.2) is 22.1 Å². The second-order valence-electron chi connectivity index (χ2n) is 3.91. The Morgan fingerprint density at radius 3 is 2.84 bits per heavy atom. The maximum atomic E-state index is 13.3. The molecule has 0 amide bonds. The molecule has 0 aliphatic carbocycles. The largest absolute Gasteiger partial charge is 0.465 e. The van der Waals surface area contributed by atoms with Crippen LogP contribution in [0.5, 0.6) is 0 Å². The molecule has 6 heteroatoms. The number of fused-ring (bicyclic) bond motifs is 1. The van der Waals surface area contributed by atoms with Crippen molar-refractivity contribution in [1.82, 2.24) is 4.57 Å². The number of pyridine rings is 1. The summed E-state index contributed by atoms with van der Waals surface area (Å²) < 4.78 is 20.4. The standard InChI is InChI=1S/C13H11FINO3/c1-19-13(18)10-7-16(5-4-15)11-6-8(14)2-3-9(11)12(10)17/h2-3,6-7H,4-5H2,1H3. The lowest BCUT2D eigenvalue weighted by Gasteiger charge is -2.11. The fourth-order valence-electron chi connectivity index (χ4n) is 1.89. The van der Waals surface area contributed by atoms with Crippen molar-refractivity contribution in [3.63, 3.8) is 0 Å². The Hall–Kier alpha value is -1.44. The van der Waals surface area contributed by atoms with Gasteiger partial charge in [-0.3, -0.25) is 4.79 Å². The molecule has 100 valence electrons. The van der Waals surface area contributed by atoms with Crippen molar-refractivity contribution >= 4 is 39.5 Å². The van der Waals surface area contributed by atoms with E-state index in [2.05, 4.69) is 27.3 Å². The highest BCUT2D eigenvalue weighted by atomic mass is 127. The lowest BCUT2D eigenvalue weighted by atomic mass is 10.1. The lowest BCUT2D eigenvalue weighted by molar-refractivity contribution is 0.0598. The minimum Gasteiger partial charge on any atom is -0.465 e. The Labute approximate surface area is 122 Å². The molecule has 0 atom stereocenters. The highest BCUT2D eigenvalue weighted by Gasteiger charge is 2.15. The van der Waals surface area contributed by atoms with Crippen LogP contribution >= 0.6 is 22.6 Å². The van der Waals surface area contributed by atoms with Gasteiger partial charge in [0.2, 0.25) is 5.43 Å². The first kappa shape index (κ1) is 14.0. The number of hydrogen-bond donors (Lipinski definition) is 0. The Kier molecular flexibility index (Phi) is 4.18. The summed E-state index contributed by atoms with van der Waals surface area (Å²) in [5, 5.41) is 0.314. The molecule has 4 nitrogen and oxygen atoms in total. The van der Waals surface area contributed by atoms with Crippen LogP contribution in [0, 0.1) is 5.82 Å². The van der Waals surface area contributed by atoms with Crippen LogP contribution in [0.1, 0.15) is 10.4 Å². The number of carbonyl (C=O) groups excluding carboxylic acids is 1. The number of methoxy groups -OCH3 is 1. The molecule has 0 N–H and O–H groups in total. The zero-order valence-electron chi connectivity index (χ0n) is 10.2. The summed E-state index contributed by atoms with van der Waals surface area (Å²) in [6, 6.07) is 3.90. The molecule has 0 fully saturated rings. The van der Waals surface area contributed by atoms with Gasteiger partial charge in [-0.1, -0.05) is 22.6 Å². The average molecular weight is 375 g/mol. The van der Waals surface area contributed by atoms with Gasteiger partial charge in [0.25, 0.3) is 0 Å². The molecule has 0 spiro atoms. The van der Waals surface area contributed by atoms with Gasteiger partial charge in [-0.2, -0.15) is 0 Å². The molecule has 0 radical (unpaired) electrons. The van der Waals surface area contributed by atoms with Crippen LogP contribution in [-0.2, 0) is 11.3 Å². The third-order valence-corrected chi connectivity index (χ3v) is 3.26. The Morgan fingerprint density at radius 1 is 1.47 bits per heavy atom. The maximum absolute atomic E-state index is 13.3. The summed E-state index contributed by atoms with van der Waals surface area (Å²) in [4.78, 5) is 23.7. The number of rotatable bonds is 3. The average Bonchev–Trinajstić information content (AvgIpc) is 2.41. The van der Waals surface area contributed by atoms with Crippen LogP contribution in [0.2, 0.25) is 0 Å². The number of aromatic nitrogens is 1. The predicted octanol–water partition coefficient (Wildman–Crippen LogP) is 2.36. The van der Waals surface area contributed by atoms with Crippen molar-refractivity contribution in [3.8, 4) is 0 Å². The highest BCUT2D eigenvalue weighted by Crippen LogP contribution is 2.14. The van der Waals surface area contributed by atoms with Crippen molar-refractivity contribution in [2.24, 2.45) is 0 Å². The molecule has 2 aromatic rings. The van der Waals surface area contributed by atoms with Crippen molar-refractivity contribution in [2.75, 3.05) is 11.5 Å². The van der Waals surface area contributed by atoms with E-state index in [9.17, 15) is 14.0 Å². The molecule has 0 aliphatic heterocycles. The number of ether oxygens (including phenoxy) is 1. The third-order valence-electron chi connectivity index (χ3n) is 2.77. The topological polar surface area (TPSA) is 48.3 Å². The zero-order valence-corrected chi connectivity index (χ0v) is 12.3. The number of carbonyl (C=O) groups is 1. The SMILES string of the molecule is COC(=O)c1cn(CCI)c2cc(F)ccc2c1=O. The molecule has 2 rings (SSSR count). The normalized spacial score (nSPS) is 10.7. The van der Waals surface area contributed by atoms with Gasteiger partial charge in [-0.25, -0.2) is 9.18 Å². The van der Waals surface area contributed by atoms with Gasteiger partial charge in [0.1, 0.15) is 11.4 Å². The number of nitrogens with zero attached hydrogens (tertiary/aromatic N) is 1. The van der Waals surface area contributed by atoms with E-state index in [4.69, 9.17) is 0 Å². The second kappa shape index (κ2) is 5.68. The quantitative estimate of drug-likeness (QED) is 0.470. The van der Waals surface area contributed by atoms with Gasteiger partial charge < -0.3 is 9.30 Å². The van der Waals surface area contributed by atoms with Crippen molar-refractivity contribution in [2.45, 2.75) is 6.54 Å². The first-order valence-electron chi connectivity index (χ1n) is 5.55. The molecule has 0 unspecified atom stereocenters. The molecule has 1 heterocycles. The Balaban J connectivity index is 2.82. The highest BCUT2D eigenvalue weighted by molar-refractivity contribution is 14.1. The first-order chi connectivity index (χ1) is 9.08. The summed E-state index contributed by atoms with van der Waals surface area (Å²) in [6.45, 7) is 0.574. The van der Waals surface area contributed by atoms with Crippen LogP contribution in [0.15, 0.2) is 29.2 Å². The van der Waals surface area contributed by atoms with Gasteiger partial charge in [0, 0.05) is 22.6 Å². The monoisotopic (exact) mass is 375 g/mol. The molecule has 1 aromatic heterocycles. The summed E-state index contributed by atoms with van der Waals surface area (Å²) in [5.41, 5.74) is 0.00679. The minimum atomic E-state index is -0.682. The van der Waals surface area contributed by atoms with E-state index in [1.165, 1.54) is 31.5 Å². The smallest absolute Gasteiger partial charge is 0.343 e. The van der Waals surface area contributed by atoms with Crippen LogP contribution in [0.3, 0.4) is 0 Å². The van der Waals surface area contributed by atoms with Gasteiger partial charge in [-0.05, 0) is 18.2 Å². The molecular formula is C13H11FINO3. The second-order valence-corrected chi connectivity index (χ2v) is 4.99. The number of halogens is 2. The molecule has 1 aromatic carbocycles. The van der Waals surface area contributed by atoms with Crippen LogP contribution in [0.4, 0.5) is 4.39 Å². The van der Waals surface area contributed by atoms with Gasteiger partial charge in [0.15, 0.2) is 0 Å². The fourth-order valence-corrected chi connectivity index (χ4v) is 2.41. The van der Waals surface area contributed by atoms with E-state index in [1.807, 2.05) is 0 Å². The van der Waals surface area contributed by atoms with E-state index in [1.54, 1.807) is 4.57 Å². The molecule has 0 aliphatic rings. The number of hydrogen-bond acceptors (Lipinski definition) is 3. The lowest BCUT2D eigenvalue weighted by Crippen LogP contribution is -2.20. The fraction of sp³-hybridized carbons (Fsp3) is 0.231. The molecule has 19 heavy (non-hydrogen) atoms. The van der Waals surface area contributed by atoms with E-state index in [0.29, 0.717) is 17.4 Å². The van der Waals surface area contributed by atoms with E-state index in [0.717, 1.165) is 4.43 Å². The van der Waals surface area contributed by atoms with E-state index >= 15 is 0 Å². The predicted molar refractivity (Wildman–Crippen MR) is 78.4 cm³/mol. The number of esters is 1. The first-order valence-corrected chi connectivity index (χ1v) is 7.08. The Bertz CT molecular complexity index is 696. The molecular weight excluding hydrogens is 364 g/mol. The maximum Gasteiger partial charge on any atom is 0.343 e. The third kappa shape index (κ3) is 2.63. The zero-order chi connectivity index (χ0) is 14.0. The van der Waals surface area contributed by atoms with Crippen molar-refractivity contribution in [3.05, 3.63) is 46.0 Å². The molecule has 0 saturated carbocycles. The molecule has 0 bridgehead atoms. The summed E-state index contributed by atoms with van der Waals surface area (Å²) >= 11 is 2.17. The van der Waals surface area contributed by atoms with E-state index < -0.39 is 17.2 Å². The number of alkyl halides is 1. The molecule has 0 saturated heterocycles. The van der Waals surface area contributed by atoms with E-state index in [-0.39, 0.29) is 5.56 Å². The van der Waals surface area contributed by atoms with Gasteiger partial charge >= 0.3 is 5.97 Å². The summed E-state index contributed by atoms with van der Waals surface area (Å²) in [5.74, 6) is -1.10. The van der Waals surface area contributed by atoms with Gasteiger partial charge in [0.05, 0.1) is 12.6 Å². The number of aryl methyl sites for hydroxylation is 1. The summed E-state index contributed by atoms with van der Waals surface area (Å²) in [6.07, 6.45) is 1.43. The van der Waals surface area contributed by atoms with Crippen LogP contribution < -0.4 is 5.43 Å². The summed E-state index contributed by atoms with van der Waals surface area (Å²) in [7, 11) is 1.22. The Morgan fingerprint density at radius 2 is 2.21 bits per heavy atom. The van der Waals surface area contributed by atoms with Crippen LogP contribution in [0.25, 0.3) is 10.9 Å². The van der Waals surface area contributed by atoms with Crippen molar-refractivity contribution in [1.29, 1.82) is 0 Å². The van der Waals surface area contributed by atoms with Crippen molar-refractivity contribution < 1.29 is 13.9 Å².